The zero-order valence-electron chi connectivity index (χ0n) is 13.9. The molecule has 0 radical (unpaired) electrons. The van der Waals surface area contributed by atoms with Crippen LogP contribution >= 0.6 is 11.8 Å². The highest BCUT2D eigenvalue weighted by atomic mass is 32.2. The summed E-state index contributed by atoms with van der Waals surface area (Å²) in [5.74, 6) is 0. The lowest BCUT2D eigenvalue weighted by molar-refractivity contribution is -0.774. The molecule has 0 bridgehead atoms. The third-order valence-electron chi connectivity index (χ3n) is 4.11. The van der Waals surface area contributed by atoms with Crippen LogP contribution in [0.4, 0.5) is 5.69 Å². The minimum Gasteiger partial charge on any atom is -0.394 e. The van der Waals surface area contributed by atoms with E-state index in [2.05, 4.69) is 4.98 Å². The molecule has 3 N–H and O–H groups in total. The monoisotopic (exact) mass is 380 g/mol. The first-order valence-electron chi connectivity index (χ1n) is 7.91. The van der Waals surface area contributed by atoms with Crippen LogP contribution in [0.25, 0.3) is 0 Å². The molecule has 0 unspecified atom stereocenters. The topological polar surface area (TPSA) is 130 Å². The summed E-state index contributed by atoms with van der Waals surface area (Å²) < 4.78 is 6.87. The maximum atomic E-state index is 12.4. The van der Waals surface area contributed by atoms with E-state index in [9.17, 15) is 20.0 Å². The number of nitrogens with zero attached hydrogens (tertiary/aromatic N) is 2. The predicted octanol–water partition coefficient (Wildman–Crippen LogP) is 0.671. The second kappa shape index (κ2) is 7.54. The maximum Gasteiger partial charge on any atom is 0.498 e. The van der Waals surface area contributed by atoms with Gasteiger partial charge >= 0.3 is 5.69 Å². The molecule has 138 valence electrons. The van der Waals surface area contributed by atoms with Gasteiger partial charge in [-0.1, -0.05) is 0 Å². The molecule has 10 heteroatoms. The Labute approximate surface area is 152 Å². The first-order chi connectivity index (χ1) is 12.4. The Morgan fingerprint density at radius 1 is 1.42 bits per heavy atom. The van der Waals surface area contributed by atoms with E-state index in [1.165, 1.54) is 28.5 Å². The standard InChI is InChI=1S/C16H17N3O6S/c1-9-7-18(14-6-12(21)13(8-20)25-14)16(22)17-15(9)26-11-4-2-10(3-5-11)19(23)24/h2-5,7,12-14,20-21H,6,8H2,1H3/p+1/t12-,13+,14+/m0/s1. The zero-order valence-corrected chi connectivity index (χ0v) is 14.7. The van der Waals surface area contributed by atoms with Gasteiger partial charge in [-0.2, -0.15) is 14.3 Å². The van der Waals surface area contributed by atoms with Gasteiger partial charge in [-0.3, -0.25) is 10.1 Å². The summed E-state index contributed by atoms with van der Waals surface area (Å²) >= 11 is 1.28. The van der Waals surface area contributed by atoms with Crippen molar-refractivity contribution in [3.05, 3.63) is 56.6 Å². The molecule has 26 heavy (non-hydrogen) atoms. The van der Waals surface area contributed by atoms with Crippen LogP contribution in [-0.4, -0.2) is 38.9 Å². The van der Waals surface area contributed by atoms with E-state index < -0.39 is 29.0 Å². The summed E-state index contributed by atoms with van der Waals surface area (Å²) in [6, 6.07) is 6.04. The lowest BCUT2D eigenvalue weighted by Gasteiger charge is -2.11. The number of aromatic nitrogens is 2. The van der Waals surface area contributed by atoms with E-state index >= 15 is 0 Å². The van der Waals surface area contributed by atoms with E-state index in [0.29, 0.717) is 5.03 Å². The maximum absolute atomic E-state index is 12.4. The highest BCUT2D eigenvalue weighted by Gasteiger charge is 2.38. The Morgan fingerprint density at radius 2 is 2.12 bits per heavy atom. The molecule has 2 heterocycles. The fourth-order valence-corrected chi connectivity index (χ4v) is 3.57. The third-order valence-corrected chi connectivity index (χ3v) is 5.24. The number of nitro groups is 1. The van der Waals surface area contributed by atoms with Crippen LogP contribution in [0, 0.1) is 17.0 Å². The van der Waals surface area contributed by atoms with Crippen LogP contribution in [0.3, 0.4) is 0 Å². The molecule has 9 nitrogen and oxygen atoms in total. The van der Waals surface area contributed by atoms with Crippen LogP contribution in [0.2, 0.25) is 0 Å². The number of aliphatic hydroxyl groups is 2. The molecule has 1 aromatic carbocycles. The Bertz CT molecular complexity index is 869. The average molecular weight is 380 g/mol. The number of aryl methyl sites for hydroxylation is 1. The van der Waals surface area contributed by atoms with Crippen molar-refractivity contribution in [2.75, 3.05) is 6.61 Å². The van der Waals surface area contributed by atoms with Gasteiger partial charge in [0.15, 0.2) is 5.03 Å². The summed E-state index contributed by atoms with van der Waals surface area (Å²) in [6.45, 7) is 1.50. The first-order valence-corrected chi connectivity index (χ1v) is 8.72. The number of nitrogens with one attached hydrogen (secondary N) is 1. The number of H-pyrrole nitrogens is 1. The average Bonchev–Trinajstić information content (AvgIpc) is 2.99. The SMILES string of the molecule is Cc1c[n+]([C@H]2C[C@H](O)[C@@H](CO)O2)c(=O)[nH]c1Sc1ccc([N+](=O)[O-])cc1. The van der Waals surface area contributed by atoms with Crippen molar-refractivity contribution in [2.24, 2.45) is 0 Å². The van der Waals surface area contributed by atoms with Crippen LogP contribution in [0.15, 0.2) is 45.2 Å². The number of hydrogen-bond acceptors (Lipinski definition) is 7. The van der Waals surface area contributed by atoms with Crippen molar-refractivity contribution in [3.63, 3.8) is 0 Å². The second-order valence-corrected chi connectivity index (χ2v) is 7.03. The minimum absolute atomic E-state index is 0.000784. The molecular formula is C16H18N3O6S+. The molecule has 1 fully saturated rings. The number of non-ortho nitro benzene ring substituents is 1. The summed E-state index contributed by atoms with van der Waals surface area (Å²) in [6.07, 6.45) is -0.340. The Balaban J connectivity index is 1.81. The predicted molar refractivity (Wildman–Crippen MR) is 90.8 cm³/mol. The van der Waals surface area contributed by atoms with Crippen molar-refractivity contribution in [2.45, 2.75) is 41.7 Å². The fourth-order valence-electron chi connectivity index (χ4n) is 2.71. The molecule has 1 aliphatic rings. The van der Waals surface area contributed by atoms with Gasteiger partial charge in [0.1, 0.15) is 12.3 Å². The van der Waals surface area contributed by atoms with Crippen molar-refractivity contribution >= 4 is 17.4 Å². The van der Waals surface area contributed by atoms with Gasteiger partial charge in [0.25, 0.3) is 5.69 Å². The summed E-state index contributed by atoms with van der Waals surface area (Å²) in [5, 5.41) is 30.3. The third kappa shape index (κ3) is 3.78. The molecule has 2 aromatic rings. The van der Waals surface area contributed by atoms with Gasteiger partial charge in [0.05, 0.1) is 17.6 Å². The molecule has 3 atom stereocenters. The Morgan fingerprint density at radius 3 is 2.69 bits per heavy atom. The highest BCUT2D eigenvalue weighted by molar-refractivity contribution is 7.99. The van der Waals surface area contributed by atoms with E-state index in [4.69, 9.17) is 9.84 Å². The molecule has 0 aliphatic carbocycles. The summed E-state index contributed by atoms with van der Waals surface area (Å²) in [5.41, 5.74) is 0.370. The Hall–Kier alpha value is -2.27. The summed E-state index contributed by atoms with van der Waals surface area (Å²) in [4.78, 5) is 26.1. The molecule has 0 spiro atoms. The van der Waals surface area contributed by atoms with Gasteiger partial charge in [0, 0.05) is 29.0 Å². The van der Waals surface area contributed by atoms with Gasteiger partial charge in [-0.15, -0.1) is 0 Å². The van der Waals surface area contributed by atoms with E-state index in [1.807, 2.05) is 6.92 Å². The quantitative estimate of drug-likeness (QED) is 0.301. The molecule has 0 amide bonds. The van der Waals surface area contributed by atoms with Crippen LogP contribution < -0.4 is 10.3 Å². The van der Waals surface area contributed by atoms with Crippen LogP contribution in [0.1, 0.15) is 18.2 Å². The number of aliphatic hydroxyl groups excluding tert-OH is 2. The van der Waals surface area contributed by atoms with Crippen molar-refractivity contribution in [1.82, 2.24) is 4.98 Å². The van der Waals surface area contributed by atoms with Crippen molar-refractivity contribution in [3.8, 4) is 0 Å². The lowest BCUT2D eigenvalue weighted by Crippen LogP contribution is -2.55. The Kier molecular flexibility index (Phi) is 5.37. The number of benzene rings is 1. The van der Waals surface area contributed by atoms with E-state index in [0.717, 1.165) is 10.5 Å². The first kappa shape index (κ1) is 18.5. The molecule has 0 saturated carbocycles. The van der Waals surface area contributed by atoms with Crippen LogP contribution in [-0.2, 0) is 4.74 Å². The van der Waals surface area contributed by atoms with Crippen molar-refractivity contribution < 1.29 is 24.4 Å². The smallest absolute Gasteiger partial charge is 0.394 e. The number of rotatable bonds is 5. The molecule has 1 aliphatic heterocycles. The zero-order chi connectivity index (χ0) is 18.8. The van der Waals surface area contributed by atoms with Gasteiger partial charge in [0.2, 0.25) is 6.23 Å². The molecule has 3 rings (SSSR count). The number of hydrogen-bond donors (Lipinski definition) is 3. The molecule has 1 aromatic heterocycles. The van der Waals surface area contributed by atoms with Gasteiger partial charge in [-0.05, 0) is 30.8 Å². The largest absolute Gasteiger partial charge is 0.498 e. The molecular weight excluding hydrogens is 362 g/mol. The normalized spacial score (nSPS) is 22.5. The minimum atomic E-state index is -0.827. The number of nitro benzene ring substituents is 1. The van der Waals surface area contributed by atoms with Crippen molar-refractivity contribution in [1.29, 1.82) is 0 Å². The number of ether oxygens (including phenoxy) is 1. The van der Waals surface area contributed by atoms with E-state index in [-0.39, 0.29) is 18.7 Å². The number of aromatic amines is 1. The van der Waals surface area contributed by atoms with Crippen LogP contribution in [0.5, 0.6) is 0 Å². The highest BCUT2D eigenvalue weighted by Crippen LogP contribution is 2.29. The summed E-state index contributed by atoms with van der Waals surface area (Å²) in [7, 11) is 0. The second-order valence-electron chi connectivity index (χ2n) is 5.95. The molecule has 1 saturated heterocycles. The fraction of sp³-hybridized carbons (Fsp3) is 0.375. The lowest BCUT2D eigenvalue weighted by atomic mass is 10.2. The van der Waals surface area contributed by atoms with Gasteiger partial charge in [-0.25, -0.2) is 0 Å². The van der Waals surface area contributed by atoms with Gasteiger partial charge < -0.3 is 14.9 Å². The van der Waals surface area contributed by atoms with E-state index in [1.54, 1.807) is 18.3 Å².